The largest absolute Gasteiger partial charge is 0.352 e. The summed E-state index contributed by atoms with van der Waals surface area (Å²) in [5.74, 6) is -0.271. The molecule has 2 aromatic rings. The molecule has 150 valence electrons. The van der Waals surface area contributed by atoms with Crippen LogP contribution in [0.4, 0.5) is 5.82 Å². The number of nitrogens with one attached hydrogen (secondary N) is 2. The van der Waals surface area contributed by atoms with Crippen LogP contribution >= 0.6 is 15.9 Å². The topological polar surface area (TPSA) is 110 Å². The Morgan fingerprint density at radius 2 is 2.00 bits per heavy atom. The van der Waals surface area contributed by atoms with E-state index in [1.54, 1.807) is 12.1 Å². The van der Waals surface area contributed by atoms with Gasteiger partial charge < -0.3 is 5.32 Å². The van der Waals surface area contributed by atoms with Crippen molar-refractivity contribution in [3.05, 3.63) is 40.5 Å². The summed E-state index contributed by atoms with van der Waals surface area (Å²) in [5.41, 5.74) is 0.116. The molecule has 1 heterocycles. The van der Waals surface area contributed by atoms with E-state index in [1.165, 1.54) is 29.3 Å². The molecule has 0 radical (unpaired) electrons. The number of sulfonamides is 1. The lowest BCUT2D eigenvalue weighted by atomic mass is 9.95. The molecule has 0 atom stereocenters. The molecule has 28 heavy (non-hydrogen) atoms. The molecule has 10 heteroatoms. The fourth-order valence-electron chi connectivity index (χ4n) is 3.19. The van der Waals surface area contributed by atoms with E-state index >= 15 is 0 Å². The summed E-state index contributed by atoms with van der Waals surface area (Å²) >= 11 is 3.23. The number of benzene rings is 1. The molecular formula is C18H21BrN4O4S. The van der Waals surface area contributed by atoms with E-state index in [1.807, 2.05) is 0 Å². The summed E-state index contributed by atoms with van der Waals surface area (Å²) < 4.78 is 29.2. The highest BCUT2D eigenvalue weighted by molar-refractivity contribution is 9.10. The van der Waals surface area contributed by atoms with Crippen molar-refractivity contribution in [2.24, 2.45) is 0 Å². The molecule has 0 unspecified atom stereocenters. The molecule has 1 amide bonds. The number of carbonyl (C=O) groups excluding carboxylic acids is 2. The molecule has 2 N–H and O–H groups in total. The molecule has 1 aliphatic rings. The van der Waals surface area contributed by atoms with Crippen molar-refractivity contribution in [2.75, 3.05) is 4.72 Å². The highest BCUT2D eigenvalue weighted by Crippen LogP contribution is 2.20. The molecule has 0 aliphatic heterocycles. The first-order valence-electron chi connectivity index (χ1n) is 8.98. The number of aldehydes is 1. The second kappa shape index (κ2) is 8.87. The second-order valence-corrected chi connectivity index (χ2v) is 9.29. The predicted molar refractivity (Wildman–Crippen MR) is 108 cm³/mol. The Balaban J connectivity index is 1.71. The van der Waals surface area contributed by atoms with Crippen molar-refractivity contribution in [3.8, 4) is 0 Å². The summed E-state index contributed by atoms with van der Waals surface area (Å²) in [6, 6.07) is 7.66. The van der Waals surface area contributed by atoms with E-state index in [-0.39, 0.29) is 34.9 Å². The number of carbonyl (C=O) groups is 2. The number of rotatable bonds is 7. The van der Waals surface area contributed by atoms with Crippen molar-refractivity contribution < 1.29 is 18.0 Å². The van der Waals surface area contributed by atoms with Crippen molar-refractivity contribution in [1.82, 2.24) is 15.1 Å². The molecular weight excluding hydrogens is 448 g/mol. The summed E-state index contributed by atoms with van der Waals surface area (Å²) in [7, 11) is -3.87. The third-order valence-electron chi connectivity index (χ3n) is 4.54. The van der Waals surface area contributed by atoms with Gasteiger partial charge in [0.25, 0.3) is 10.0 Å². The highest BCUT2D eigenvalue weighted by Gasteiger charge is 2.20. The summed E-state index contributed by atoms with van der Waals surface area (Å²) in [4.78, 5) is 23.6. The number of anilines is 1. The van der Waals surface area contributed by atoms with E-state index in [2.05, 4.69) is 31.1 Å². The van der Waals surface area contributed by atoms with E-state index in [4.69, 9.17) is 0 Å². The van der Waals surface area contributed by atoms with Gasteiger partial charge in [0.05, 0.1) is 4.90 Å². The Labute approximate surface area is 171 Å². The lowest BCUT2D eigenvalue weighted by Gasteiger charge is -2.22. The van der Waals surface area contributed by atoms with Crippen molar-refractivity contribution >= 4 is 44.0 Å². The van der Waals surface area contributed by atoms with Crippen molar-refractivity contribution in [1.29, 1.82) is 0 Å². The van der Waals surface area contributed by atoms with Crippen LogP contribution in [-0.2, 0) is 21.4 Å². The van der Waals surface area contributed by atoms with Gasteiger partial charge in [-0.2, -0.15) is 5.10 Å². The molecule has 0 saturated heterocycles. The first kappa shape index (κ1) is 20.5. The van der Waals surface area contributed by atoms with Crippen molar-refractivity contribution in [3.63, 3.8) is 0 Å². The number of halogens is 1. The van der Waals surface area contributed by atoms with E-state index in [0.717, 1.165) is 25.7 Å². The van der Waals surface area contributed by atoms with Gasteiger partial charge in [-0.3, -0.25) is 19.0 Å². The van der Waals surface area contributed by atoms with E-state index in [9.17, 15) is 18.0 Å². The molecule has 1 aromatic carbocycles. The third-order valence-corrected chi connectivity index (χ3v) is 6.39. The summed E-state index contributed by atoms with van der Waals surface area (Å²) in [6.07, 6.45) is 5.80. The molecule has 1 saturated carbocycles. The maximum Gasteiger partial charge on any atom is 0.263 e. The lowest BCUT2D eigenvalue weighted by molar-refractivity contribution is -0.122. The molecule has 0 bridgehead atoms. The number of nitrogens with zero attached hydrogens (tertiary/aromatic N) is 2. The summed E-state index contributed by atoms with van der Waals surface area (Å²) in [5, 5.41) is 7.02. The Morgan fingerprint density at radius 3 is 2.68 bits per heavy atom. The summed E-state index contributed by atoms with van der Waals surface area (Å²) in [6.45, 7) is -0.150. The zero-order chi connectivity index (χ0) is 20.1. The Kier molecular flexibility index (Phi) is 6.50. The van der Waals surface area contributed by atoms with Gasteiger partial charge in [0.1, 0.15) is 12.2 Å². The normalized spacial score (nSPS) is 15.2. The van der Waals surface area contributed by atoms with Crippen molar-refractivity contribution in [2.45, 2.75) is 49.6 Å². The number of amides is 1. The number of aromatic nitrogens is 2. The molecule has 0 spiro atoms. The van der Waals surface area contributed by atoms with Crippen LogP contribution < -0.4 is 10.0 Å². The second-order valence-electron chi connectivity index (χ2n) is 6.70. The smallest absolute Gasteiger partial charge is 0.263 e. The molecule has 1 fully saturated rings. The predicted octanol–water partition coefficient (Wildman–Crippen LogP) is 2.71. The van der Waals surface area contributed by atoms with Crippen LogP contribution in [0.5, 0.6) is 0 Å². The zero-order valence-corrected chi connectivity index (χ0v) is 17.5. The van der Waals surface area contributed by atoms with Crippen LogP contribution in [0, 0.1) is 0 Å². The van der Waals surface area contributed by atoms with Crippen LogP contribution in [0.2, 0.25) is 0 Å². The van der Waals surface area contributed by atoms with Gasteiger partial charge in [-0.05, 0) is 31.0 Å². The minimum atomic E-state index is -3.87. The molecule has 1 aliphatic carbocycles. The van der Waals surface area contributed by atoms with Crippen LogP contribution in [0.25, 0.3) is 0 Å². The fraction of sp³-hybridized carbons (Fsp3) is 0.389. The van der Waals surface area contributed by atoms with Gasteiger partial charge in [-0.25, -0.2) is 8.42 Å². The highest BCUT2D eigenvalue weighted by atomic mass is 79.9. The van der Waals surface area contributed by atoms with Gasteiger partial charge >= 0.3 is 0 Å². The first-order chi connectivity index (χ1) is 13.4. The number of hydrogen-bond donors (Lipinski definition) is 2. The minimum absolute atomic E-state index is 0.0208. The lowest BCUT2D eigenvalue weighted by Crippen LogP contribution is -2.38. The van der Waals surface area contributed by atoms with Crippen LogP contribution in [0.1, 0.15) is 42.6 Å². The van der Waals surface area contributed by atoms with E-state index in [0.29, 0.717) is 10.8 Å². The Bertz CT molecular complexity index is 968. The van der Waals surface area contributed by atoms with Crippen LogP contribution in [-0.4, -0.2) is 36.4 Å². The van der Waals surface area contributed by atoms with Crippen LogP contribution in [0.3, 0.4) is 0 Å². The quantitative estimate of drug-likeness (QED) is 0.606. The molecule has 1 aromatic heterocycles. The first-order valence-corrected chi connectivity index (χ1v) is 11.3. The monoisotopic (exact) mass is 468 g/mol. The molecule has 3 rings (SSSR count). The van der Waals surface area contributed by atoms with E-state index < -0.39 is 10.0 Å². The molecule has 8 nitrogen and oxygen atoms in total. The maximum atomic E-state index is 12.5. The van der Waals surface area contributed by atoms with Gasteiger partial charge in [0.2, 0.25) is 5.91 Å². The average Bonchev–Trinajstić information content (AvgIpc) is 3.03. The van der Waals surface area contributed by atoms with Gasteiger partial charge in [-0.1, -0.05) is 41.3 Å². The van der Waals surface area contributed by atoms with Crippen LogP contribution in [0.15, 0.2) is 39.7 Å². The SMILES string of the molecule is O=Cc1cc(NS(=O)(=O)c2cccc(Br)c2)nn1CC(=O)NC1CCCCC1. The third kappa shape index (κ3) is 5.20. The zero-order valence-electron chi connectivity index (χ0n) is 15.1. The van der Waals surface area contributed by atoms with Gasteiger partial charge in [-0.15, -0.1) is 0 Å². The standard InChI is InChI=1S/C18H21BrN4O4S/c19-13-5-4-8-16(9-13)28(26,27)22-17-10-15(12-24)23(21-17)11-18(25)20-14-6-2-1-3-7-14/h4-5,8-10,12,14H,1-3,6-7,11H2,(H,20,25)(H,21,22). The van der Waals surface area contributed by atoms with Gasteiger partial charge in [0.15, 0.2) is 12.1 Å². The minimum Gasteiger partial charge on any atom is -0.352 e. The average molecular weight is 469 g/mol. The maximum absolute atomic E-state index is 12.5. The fourth-order valence-corrected chi connectivity index (χ4v) is 4.77. The number of hydrogen-bond acceptors (Lipinski definition) is 5. The van der Waals surface area contributed by atoms with Gasteiger partial charge in [0, 0.05) is 16.6 Å². The Hall–Kier alpha value is -2.20. The Morgan fingerprint density at radius 1 is 1.25 bits per heavy atom.